The fourth-order valence-corrected chi connectivity index (χ4v) is 3.04. The Kier molecular flexibility index (Phi) is 9.34. The number of carbonyl (C=O) groups excluding carboxylic acids is 2. The van der Waals surface area contributed by atoms with Gasteiger partial charge in [0, 0.05) is 12.1 Å². The normalized spacial score (nSPS) is 10.6. The van der Waals surface area contributed by atoms with E-state index in [1.807, 2.05) is 0 Å². The van der Waals surface area contributed by atoms with Gasteiger partial charge in [-0.2, -0.15) is 10.2 Å². The summed E-state index contributed by atoms with van der Waals surface area (Å²) < 4.78 is 5.22. The third-order valence-electron chi connectivity index (χ3n) is 4.96. The number of nitrogens with zero attached hydrogens (tertiary/aromatic N) is 3. The molecule has 200 valence electrons. The van der Waals surface area contributed by atoms with Crippen molar-refractivity contribution in [1.82, 2.24) is 5.32 Å². The molecule has 0 heterocycles. The molecule has 0 atom stereocenters. The predicted molar refractivity (Wildman–Crippen MR) is 132 cm³/mol. The van der Waals surface area contributed by atoms with Crippen LogP contribution in [0.25, 0.3) is 0 Å². The van der Waals surface area contributed by atoms with Gasteiger partial charge in [-0.25, -0.2) is 9.59 Å². The molecular weight excluding hydrogens is 516 g/mol. The first-order valence-corrected chi connectivity index (χ1v) is 11.1. The molecule has 0 spiro atoms. The molecule has 0 aliphatic rings. The zero-order chi connectivity index (χ0) is 28.4. The number of amides is 1. The summed E-state index contributed by atoms with van der Waals surface area (Å²) in [5.74, 6) is -3.93. The second-order valence-electron chi connectivity index (χ2n) is 7.72. The molecule has 0 aliphatic heterocycles. The SMILES string of the molecule is O=C(O)CCNC(=O)c1ccc(N=Nc2ccc(OC(=O)c3ccc(CO[N+](=O)[O-])cc3)c(C(=O)O)c2)cc1. The second kappa shape index (κ2) is 13.0. The number of rotatable bonds is 12. The summed E-state index contributed by atoms with van der Waals surface area (Å²) in [5, 5.41) is 38.0. The van der Waals surface area contributed by atoms with Gasteiger partial charge in [0.1, 0.15) is 17.9 Å². The van der Waals surface area contributed by atoms with Crippen LogP contribution in [0, 0.1) is 10.1 Å². The Hall–Kier alpha value is -5.66. The highest BCUT2D eigenvalue weighted by Crippen LogP contribution is 2.27. The summed E-state index contributed by atoms with van der Waals surface area (Å²) in [4.78, 5) is 61.3. The molecule has 0 radical (unpaired) electrons. The standard InChI is InChI=1S/C25H20N4O10/c30-22(31)11-12-26-23(32)16-5-7-18(8-6-16)27-28-19-9-10-21(20(13-19)24(33)34)39-25(35)17-3-1-15(2-4-17)14-38-29(36)37/h1-10,13H,11-12,14H2,(H,26,32)(H,30,31)(H,33,34). The Morgan fingerprint density at radius 1 is 0.872 bits per heavy atom. The Bertz CT molecular complexity index is 1420. The summed E-state index contributed by atoms with van der Waals surface area (Å²) in [6, 6.07) is 15.3. The van der Waals surface area contributed by atoms with Crippen LogP contribution in [0.2, 0.25) is 0 Å². The highest BCUT2D eigenvalue weighted by molar-refractivity contribution is 5.96. The van der Waals surface area contributed by atoms with E-state index in [0.29, 0.717) is 16.8 Å². The lowest BCUT2D eigenvalue weighted by Gasteiger charge is -2.08. The molecule has 3 aromatic rings. The molecule has 3 rings (SSSR count). The molecule has 0 unspecified atom stereocenters. The van der Waals surface area contributed by atoms with Gasteiger partial charge >= 0.3 is 17.9 Å². The lowest BCUT2D eigenvalue weighted by molar-refractivity contribution is -0.763. The fraction of sp³-hybridized carbons (Fsp3) is 0.120. The van der Waals surface area contributed by atoms with Crippen LogP contribution in [0.3, 0.4) is 0 Å². The summed E-state index contributed by atoms with van der Waals surface area (Å²) in [7, 11) is 0. The van der Waals surface area contributed by atoms with Crippen molar-refractivity contribution in [3.8, 4) is 5.75 Å². The zero-order valence-electron chi connectivity index (χ0n) is 20.0. The number of esters is 1. The minimum absolute atomic E-state index is 0.0133. The summed E-state index contributed by atoms with van der Waals surface area (Å²) >= 11 is 0. The summed E-state index contributed by atoms with van der Waals surface area (Å²) in [6.07, 6.45) is -0.203. The predicted octanol–water partition coefficient (Wildman–Crippen LogP) is 3.93. The van der Waals surface area contributed by atoms with Gasteiger partial charge in [0.05, 0.1) is 23.4 Å². The highest BCUT2D eigenvalue weighted by atomic mass is 16.9. The van der Waals surface area contributed by atoms with Crippen LogP contribution < -0.4 is 10.1 Å². The largest absolute Gasteiger partial charge is 0.481 e. The van der Waals surface area contributed by atoms with Crippen molar-refractivity contribution in [3.05, 3.63) is 99.1 Å². The number of hydrogen-bond acceptors (Lipinski definition) is 10. The number of azo groups is 1. The molecule has 0 saturated heterocycles. The first-order chi connectivity index (χ1) is 18.6. The quantitative estimate of drug-likeness (QED) is 0.0998. The third-order valence-corrected chi connectivity index (χ3v) is 4.96. The average Bonchev–Trinajstić information content (AvgIpc) is 2.91. The number of aliphatic carboxylic acids is 1. The van der Waals surface area contributed by atoms with E-state index in [1.165, 1.54) is 60.7 Å². The molecule has 0 aromatic heterocycles. The van der Waals surface area contributed by atoms with E-state index < -0.39 is 28.9 Å². The molecule has 0 bridgehead atoms. The number of carboxylic acid groups (broad SMARTS) is 2. The Morgan fingerprint density at radius 3 is 2.10 bits per heavy atom. The number of nitrogens with one attached hydrogen (secondary N) is 1. The van der Waals surface area contributed by atoms with Crippen molar-refractivity contribution in [2.24, 2.45) is 10.2 Å². The zero-order valence-corrected chi connectivity index (χ0v) is 20.0. The number of aromatic carboxylic acids is 1. The highest BCUT2D eigenvalue weighted by Gasteiger charge is 2.17. The van der Waals surface area contributed by atoms with E-state index >= 15 is 0 Å². The number of carboxylic acids is 2. The number of benzene rings is 3. The van der Waals surface area contributed by atoms with Crippen molar-refractivity contribution in [2.75, 3.05) is 6.54 Å². The summed E-state index contributed by atoms with van der Waals surface area (Å²) in [5.41, 5.74) is 0.980. The molecule has 0 aliphatic carbocycles. The smallest absolute Gasteiger partial charge is 0.343 e. The second-order valence-corrected chi connectivity index (χ2v) is 7.72. The van der Waals surface area contributed by atoms with E-state index in [2.05, 4.69) is 20.4 Å². The maximum atomic E-state index is 12.5. The van der Waals surface area contributed by atoms with Gasteiger partial charge in [-0.05, 0) is 60.2 Å². The molecule has 14 nitrogen and oxygen atoms in total. The van der Waals surface area contributed by atoms with E-state index in [0.717, 1.165) is 6.07 Å². The van der Waals surface area contributed by atoms with Gasteiger partial charge in [-0.15, -0.1) is 10.1 Å². The molecule has 39 heavy (non-hydrogen) atoms. The van der Waals surface area contributed by atoms with Gasteiger partial charge in [-0.1, -0.05) is 12.1 Å². The van der Waals surface area contributed by atoms with Crippen LogP contribution in [0.5, 0.6) is 5.75 Å². The maximum Gasteiger partial charge on any atom is 0.343 e. The van der Waals surface area contributed by atoms with Crippen molar-refractivity contribution in [1.29, 1.82) is 0 Å². The van der Waals surface area contributed by atoms with Gasteiger partial charge < -0.3 is 25.1 Å². The monoisotopic (exact) mass is 536 g/mol. The molecule has 0 fully saturated rings. The first-order valence-electron chi connectivity index (χ1n) is 11.1. The van der Waals surface area contributed by atoms with Crippen molar-refractivity contribution in [3.63, 3.8) is 0 Å². The van der Waals surface area contributed by atoms with Gasteiger partial charge in [-0.3, -0.25) is 9.59 Å². The lowest BCUT2D eigenvalue weighted by atomic mass is 10.1. The van der Waals surface area contributed by atoms with Crippen LogP contribution in [-0.4, -0.2) is 45.7 Å². The molecule has 3 N–H and O–H groups in total. The Morgan fingerprint density at radius 2 is 1.49 bits per heavy atom. The number of carbonyl (C=O) groups is 4. The molecule has 14 heteroatoms. The Labute approximate surface area is 219 Å². The molecular formula is C25H20N4O10. The lowest BCUT2D eigenvalue weighted by Crippen LogP contribution is -2.25. The summed E-state index contributed by atoms with van der Waals surface area (Å²) in [6.45, 7) is -0.309. The van der Waals surface area contributed by atoms with Crippen molar-refractivity contribution in [2.45, 2.75) is 13.0 Å². The average molecular weight is 536 g/mol. The fourth-order valence-electron chi connectivity index (χ4n) is 3.04. The van der Waals surface area contributed by atoms with E-state index in [1.54, 1.807) is 0 Å². The molecule has 3 aromatic carbocycles. The van der Waals surface area contributed by atoms with Gasteiger partial charge in [0.25, 0.3) is 11.0 Å². The van der Waals surface area contributed by atoms with Gasteiger partial charge in [0.15, 0.2) is 0 Å². The van der Waals surface area contributed by atoms with Crippen LogP contribution in [0.1, 0.15) is 43.1 Å². The van der Waals surface area contributed by atoms with Crippen molar-refractivity contribution >= 4 is 35.2 Å². The Balaban J connectivity index is 1.66. The molecule has 0 saturated carbocycles. The van der Waals surface area contributed by atoms with Crippen LogP contribution in [0.4, 0.5) is 11.4 Å². The van der Waals surface area contributed by atoms with E-state index in [4.69, 9.17) is 9.84 Å². The number of hydrogen-bond donors (Lipinski definition) is 3. The van der Waals surface area contributed by atoms with Crippen LogP contribution in [-0.2, 0) is 16.2 Å². The van der Waals surface area contributed by atoms with E-state index in [-0.39, 0.29) is 42.1 Å². The maximum absolute atomic E-state index is 12.5. The minimum atomic E-state index is -1.37. The van der Waals surface area contributed by atoms with Crippen LogP contribution in [0.15, 0.2) is 77.0 Å². The third kappa shape index (κ3) is 8.45. The van der Waals surface area contributed by atoms with Crippen molar-refractivity contribution < 1.29 is 44.1 Å². The topological polar surface area (TPSA) is 207 Å². The number of ether oxygens (including phenoxy) is 1. The first kappa shape index (κ1) is 27.9. The minimum Gasteiger partial charge on any atom is -0.481 e. The van der Waals surface area contributed by atoms with Gasteiger partial charge in [0.2, 0.25) is 0 Å². The molecule has 1 amide bonds. The van der Waals surface area contributed by atoms with E-state index in [9.17, 15) is 34.4 Å². The van der Waals surface area contributed by atoms with Crippen LogP contribution >= 0.6 is 0 Å².